The Kier molecular flexibility index (Phi) is 5.14. The van der Waals surface area contributed by atoms with Crippen LogP contribution in [0.2, 0.25) is 0 Å². The number of carbonyl (C=O) groups is 1. The van der Waals surface area contributed by atoms with Crippen LogP contribution in [-0.4, -0.2) is 6.09 Å². The second kappa shape index (κ2) is 7.67. The van der Waals surface area contributed by atoms with Crippen molar-refractivity contribution in [2.75, 3.05) is 0 Å². The van der Waals surface area contributed by atoms with E-state index < -0.39 is 6.09 Å². The minimum absolute atomic E-state index is 0.266. The maximum atomic E-state index is 12.4. The molecule has 3 aromatic carbocycles. The van der Waals surface area contributed by atoms with Gasteiger partial charge < -0.3 is 10.1 Å². The molecule has 1 N–H and O–H groups in total. The van der Waals surface area contributed by atoms with Gasteiger partial charge in [-0.3, -0.25) is 0 Å². The third-order valence-electron chi connectivity index (χ3n) is 4.04. The second-order valence-electron chi connectivity index (χ2n) is 6.10. The highest BCUT2D eigenvalue weighted by atomic mass is 16.6. The van der Waals surface area contributed by atoms with E-state index in [2.05, 4.69) is 5.32 Å². The first-order valence-electron chi connectivity index (χ1n) is 8.28. The zero-order valence-electron chi connectivity index (χ0n) is 14.4. The van der Waals surface area contributed by atoms with Crippen LogP contribution in [0, 0.1) is 13.8 Å². The zero-order valence-corrected chi connectivity index (χ0v) is 14.4. The molecule has 0 unspecified atom stereocenters. The predicted molar refractivity (Wildman–Crippen MR) is 99.8 cm³/mol. The van der Waals surface area contributed by atoms with E-state index in [1.165, 1.54) is 11.1 Å². The SMILES string of the molecule is Cc1ccc(C(NC(=O)Oc2ccccc2)c2ccc(C)cc2)cc1. The van der Waals surface area contributed by atoms with Gasteiger partial charge in [-0.25, -0.2) is 4.79 Å². The lowest BCUT2D eigenvalue weighted by Gasteiger charge is -2.20. The summed E-state index contributed by atoms with van der Waals surface area (Å²) in [6.07, 6.45) is -0.475. The fourth-order valence-electron chi connectivity index (χ4n) is 2.62. The van der Waals surface area contributed by atoms with Crippen LogP contribution >= 0.6 is 0 Å². The predicted octanol–water partition coefficient (Wildman–Crippen LogP) is 5.18. The lowest BCUT2D eigenvalue weighted by molar-refractivity contribution is 0.198. The molecule has 0 spiro atoms. The largest absolute Gasteiger partial charge is 0.413 e. The first-order chi connectivity index (χ1) is 12.1. The van der Waals surface area contributed by atoms with Crippen LogP contribution in [0.25, 0.3) is 0 Å². The molecule has 3 rings (SSSR count). The van der Waals surface area contributed by atoms with Crippen molar-refractivity contribution in [2.45, 2.75) is 19.9 Å². The summed E-state index contributed by atoms with van der Waals surface area (Å²) in [7, 11) is 0. The van der Waals surface area contributed by atoms with Crippen LogP contribution < -0.4 is 10.1 Å². The smallest absolute Gasteiger partial charge is 0.410 e. The first kappa shape index (κ1) is 16.8. The van der Waals surface area contributed by atoms with Crippen LogP contribution in [0.4, 0.5) is 4.79 Å². The van der Waals surface area contributed by atoms with E-state index in [0.29, 0.717) is 5.75 Å². The molecule has 0 saturated heterocycles. The van der Waals surface area contributed by atoms with Gasteiger partial charge in [-0.2, -0.15) is 0 Å². The fraction of sp³-hybridized carbons (Fsp3) is 0.136. The van der Waals surface area contributed by atoms with E-state index in [1.54, 1.807) is 12.1 Å². The molecule has 0 aliphatic carbocycles. The Morgan fingerprint density at radius 3 is 1.72 bits per heavy atom. The highest BCUT2D eigenvalue weighted by molar-refractivity contribution is 5.71. The average molecular weight is 331 g/mol. The number of benzene rings is 3. The summed E-state index contributed by atoms with van der Waals surface area (Å²) in [6, 6.07) is 25.1. The number of nitrogens with one attached hydrogen (secondary N) is 1. The molecule has 0 fully saturated rings. The molecule has 0 atom stereocenters. The van der Waals surface area contributed by atoms with Crippen molar-refractivity contribution >= 4 is 6.09 Å². The fourth-order valence-corrected chi connectivity index (χ4v) is 2.62. The second-order valence-corrected chi connectivity index (χ2v) is 6.10. The molecule has 0 aromatic heterocycles. The molecule has 3 heteroatoms. The maximum Gasteiger partial charge on any atom is 0.413 e. The van der Waals surface area contributed by atoms with Gasteiger partial charge in [0.25, 0.3) is 0 Å². The Labute approximate surface area is 148 Å². The van der Waals surface area contributed by atoms with E-state index in [9.17, 15) is 4.79 Å². The first-order valence-corrected chi connectivity index (χ1v) is 8.28. The Hall–Kier alpha value is -3.07. The molecule has 3 nitrogen and oxygen atoms in total. The molecule has 3 aromatic rings. The molecule has 0 radical (unpaired) electrons. The summed E-state index contributed by atoms with van der Waals surface area (Å²) in [5.74, 6) is 0.520. The third-order valence-corrected chi connectivity index (χ3v) is 4.04. The van der Waals surface area contributed by atoms with Crippen molar-refractivity contribution in [3.05, 3.63) is 101 Å². The average Bonchev–Trinajstić information content (AvgIpc) is 2.62. The standard InChI is InChI=1S/C22H21NO2/c1-16-8-12-18(13-9-16)21(19-14-10-17(2)11-15-19)23-22(24)25-20-6-4-3-5-7-20/h3-15,21H,1-2H3,(H,23,24). The highest BCUT2D eigenvalue weighted by Crippen LogP contribution is 2.23. The van der Waals surface area contributed by atoms with Gasteiger partial charge in [0.15, 0.2) is 0 Å². The number of para-hydroxylation sites is 1. The lowest BCUT2D eigenvalue weighted by Crippen LogP contribution is -2.31. The van der Waals surface area contributed by atoms with Gasteiger partial charge >= 0.3 is 6.09 Å². The third kappa shape index (κ3) is 4.48. The van der Waals surface area contributed by atoms with Crippen LogP contribution in [0.1, 0.15) is 28.3 Å². The Balaban J connectivity index is 1.84. The molecule has 0 heterocycles. The van der Waals surface area contributed by atoms with Crippen LogP contribution in [0.15, 0.2) is 78.9 Å². The van der Waals surface area contributed by atoms with Gasteiger partial charge in [0.05, 0.1) is 6.04 Å². The van der Waals surface area contributed by atoms with Gasteiger partial charge in [0.2, 0.25) is 0 Å². The van der Waals surface area contributed by atoms with Gasteiger partial charge in [0.1, 0.15) is 5.75 Å². The number of aryl methyl sites for hydroxylation is 2. The molecule has 0 saturated carbocycles. The maximum absolute atomic E-state index is 12.4. The monoisotopic (exact) mass is 331 g/mol. The van der Waals surface area contributed by atoms with Gasteiger partial charge in [-0.15, -0.1) is 0 Å². The molecule has 0 bridgehead atoms. The van der Waals surface area contributed by atoms with Crippen LogP contribution in [-0.2, 0) is 0 Å². The van der Waals surface area contributed by atoms with Crippen molar-refractivity contribution in [2.24, 2.45) is 0 Å². The van der Waals surface area contributed by atoms with E-state index in [0.717, 1.165) is 11.1 Å². The minimum Gasteiger partial charge on any atom is -0.410 e. The summed E-state index contributed by atoms with van der Waals surface area (Å²) in [5, 5.41) is 2.98. The van der Waals surface area contributed by atoms with Crippen molar-refractivity contribution in [1.29, 1.82) is 0 Å². The van der Waals surface area contributed by atoms with Gasteiger partial charge in [0, 0.05) is 0 Å². The van der Waals surface area contributed by atoms with Crippen molar-refractivity contribution in [3.8, 4) is 5.75 Å². The summed E-state index contributed by atoms with van der Waals surface area (Å²) >= 11 is 0. The van der Waals surface area contributed by atoms with Gasteiger partial charge in [-0.05, 0) is 37.1 Å². The van der Waals surface area contributed by atoms with Gasteiger partial charge in [-0.1, -0.05) is 77.9 Å². The van der Waals surface area contributed by atoms with E-state index in [1.807, 2.05) is 80.6 Å². The molecular formula is C22H21NO2. The summed E-state index contributed by atoms with van der Waals surface area (Å²) in [4.78, 5) is 12.4. The lowest BCUT2D eigenvalue weighted by atomic mass is 9.97. The number of carbonyl (C=O) groups excluding carboxylic acids is 1. The topological polar surface area (TPSA) is 38.3 Å². The van der Waals surface area contributed by atoms with E-state index >= 15 is 0 Å². The summed E-state index contributed by atoms with van der Waals surface area (Å²) < 4.78 is 5.39. The van der Waals surface area contributed by atoms with E-state index in [4.69, 9.17) is 4.74 Å². The number of amides is 1. The highest BCUT2D eigenvalue weighted by Gasteiger charge is 2.18. The normalized spacial score (nSPS) is 10.5. The molecule has 0 aliphatic heterocycles. The van der Waals surface area contributed by atoms with Crippen LogP contribution in [0.5, 0.6) is 5.75 Å². The molecular weight excluding hydrogens is 310 g/mol. The quantitative estimate of drug-likeness (QED) is 0.715. The van der Waals surface area contributed by atoms with Crippen molar-refractivity contribution < 1.29 is 9.53 Å². The van der Waals surface area contributed by atoms with Crippen molar-refractivity contribution in [1.82, 2.24) is 5.32 Å². The zero-order chi connectivity index (χ0) is 17.6. The van der Waals surface area contributed by atoms with E-state index in [-0.39, 0.29) is 6.04 Å². The number of hydrogen-bond acceptors (Lipinski definition) is 2. The Morgan fingerprint density at radius 2 is 1.24 bits per heavy atom. The minimum atomic E-state index is -0.475. The Bertz CT molecular complexity index is 779. The molecule has 126 valence electrons. The summed E-state index contributed by atoms with van der Waals surface area (Å²) in [5.41, 5.74) is 4.38. The summed E-state index contributed by atoms with van der Waals surface area (Å²) in [6.45, 7) is 4.09. The Morgan fingerprint density at radius 1 is 0.760 bits per heavy atom. The number of ether oxygens (including phenoxy) is 1. The van der Waals surface area contributed by atoms with Crippen molar-refractivity contribution in [3.63, 3.8) is 0 Å². The number of rotatable bonds is 4. The number of hydrogen-bond donors (Lipinski definition) is 1. The van der Waals surface area contributed by atoms with Crippen LogP contribution in [0.3, 0.4) is 0 Å². The molecule has 25 heavy (non-hydrogen) atoms. The molecule has 0 aliphatic rings. The molecule has 1 amide bonds.